The fourth-order valence-corrected chi connectivity index (χ4v) is 2.55. The number of benzene rings is 1. The van der Waals surface area contributed by atoms with Crippen molar-refractivity contribution < 1.29 is 4.79 Å². The number of nitrogens with zero attached hydrogens (tertiary/aromatic N) is 2. The van der Waals surface area contributed by atoms with Crippen molar-refractivity contribution in [2.45, 2.75) is 31.2 Å². The number of nitrogens with one attached hydrogen (secondary N) is 2. The summed E-state index contributed by atoms with van der Waals surface area (Å²) < 4.78 is 0. The lowest BCUT2D eigenvalue weighted by molar-refractivity contribution is -0.127. The summed E-state index contributed by atoms with van der Waals surface area (Å²) in [6.07, 6.45) is 0. The molecule has 0 aliphatic rings. The largest absolute Gasteiger partial charge is 0.356 e. The molecule has 1 aromatic rings. The van der Waals surface area contributed by atoms with Gasteiger partial charge < -0.3 is 15.5 Å². The highest BCUT2D eigenvalue weighted by Crippen LogP contribution is 2.19. The average molecular weight is 499 g/mol. The number of guanidine groups is 1. The average Bonchev–Trinajstić information content (AvgIpc) is 2.48. The number of rotatable bonds is 6. The molecule has 2 N–H and O–H groups in total. The van der Waals surface area contributed by atoms with Crippen LogP contribution >= 0.6 is 47.3 Å². The van der Waals surface area contributed by atoms with Crippen LogP contribution in [0.1, 0.15) is 20.8 Å². The summed E-state index contributed by atoms with van der Waals surface area (Å²) in [4.78, 5) is 18.8. The molecule has 1 aromatic carbocycles. The van der Waals surface area contributed by atoms with Gasteiger partial charge in [0.15, 0.2) is 5.96 Å². The van der Waals surface area contributed by atoms with Crippen LogP contribution in [0.4, 0.5) is 0 Å². The first-order valence-electron chi connectivity index (χ1n) is 7.82. The van der Waals surface area contributed by atoms with Gasteiger partial charge in [0.2, 0.25) is 5.91 Å². The zero-order valence-electron chi connectivity index (χ0n) is 15.4. The monoisotopic (exact) mass is 498 g/mol. The van der Waals surface area contributed by atoms with E-state index in [-0.39, 0.29) is 42.0 Å². The van der Waals surface area contributed by atoms with Gasteiger partial charge in [-0.2, -0.15) is 0 Å². The maximum atomic E-state index is 11.7. The number of aliphatic imine (C=N–C) groups is 1. The topological polar surface area (TPSA) is 56.7 Å². The maximum absolute atomic E-state index is 11.7. The van der Waals surface area contributed by atoms with Crippen LogP contribution in [0.25, 0.3) is 0 Å². The smallest absolute Gasteiger partial charge is 0.243 e. The molecule has 1 amide bonds. The van der Waals surface area contributed by atoms with Crippen molar-refractivity contribution in [3.63, 3.8) is 0 Å². The second-order valence-electron chi connectivity index (χ2n) is 6.56. The third kappa shape index (κ3) is 11.5. The van der Waals surface area contributed by atoms with Crippen molar-refractivity contribution in [1.82, 2.24) is 15.5 Å². The van der Waals surface area contributed by atoms with Gasteiger partial charge in [-0.15, -0.1) is 35.7 Å². The molecular weight excluding hydrogens is 471 g/mol. The van der Waals surface area contributed by atoms with Crippen molar-refractivity contribution >= 4 is 59.2 Å². The van der Waals surface area contributed by atoms with Gasteiger partial charge in [-0.3, -0.25) is 4.79 Å². The molecule has 0 aliphatic carbocycles. The van der Waals surface area contributed by atoms with Gasteiger partial charge in [0.25, 0.3) is 0 Å². The summed E-state index contributed by atoms with van der Waals surface area (Å²) in [5, 5.41) is 7.31. The van der Waals surface area contributed by atoms with E-state index in [9.17, 15) is 4.79 Å². The molecule has 0 aromatic heterocycles. The molecule has 0 atom stereocenters. The van der Waals surface area contributed by atoms with Crippen molar-refractivity contribution in [2.75, 3.05) is 32.9 Å². The van der Waals surface area contributed by atoms with Gasteiger partial charge in [-0.05, 0) is 45.0 Å². The summed E-state index contributed by atoms with van der Waals surface area (Å²) in [7, 11) is 3.45. The molecule has 0 fully saturated rings. The van der Waals surface area contributed by atoms with Crippen molar-refractivity contribution in [2.24, 2.45) is 4.99 Å². The van der Waals surface area contributed by atoms with Crippen LogP contribution in [0, 0.1) is 0 Å². The van der Waals surface area contributed by atoms with Crippen molar-refractivity contribution in [1.29, 1.82) is 0 Å². The molecule has 0 bridgehead atoms. The third-order valence-electron chi connectivity index (χ3n) is 2.84. The fourth-order valence-electron chi connectivity index (χ4n) is 1.65. The van der Waals surface area contributed by atoms with Crippen LogP contribution in [0.15, 0.2) is 34.2 Å². The highest BCUT2D eigenvalue weighted by Gasteiger charge is 2.13. The van der Waals surface area contributed by atoms with Crippen LogP contribution in [-0.2, 0) is 4.79 Å². The second-order valence-corrected chi connectivity index (χ2v) is 8.16. The number of hydrogen-bond acceptors (Lipinski definition) is 3. The minimum atomic E-state index is -0.129. The van der Waals surface area contributed by atoms with E-state index in [1.807, 2.05) is 24.3 Å². The summed E-state index contributed by atoms with van der Waals surface area (Å²) >= 11 is 7.62. The van der Waals surface area contributed by atoms with Crippen LogP contribution in [0.5, 0.6) is 0 Å². The molecular formula is C17H28ClIN4OS. The van der Waals surface area contributed by atoms with Crippen LogP contribution < -0.4 is 10.6 Å². The lowest BCUT2D eigenvalue weighted by Gasteiger charge is -2.24. The molecule has 142 valence electrons. The SMILES string of the molecule is CN(C)C(=O)CN=C(NCCSc1ccc(Cl)cc1)NC(C)(C)C.I. The van der Waals surface area contributed by atoms with Crippen molar-refractivity contribution in [3.05, 3.63) is 29.3 Å². The zero-order chi connectivity index (χ0) is 18.2. The van der Waals surface area contributed by atoms with E-state index in [1.165, 1.54) is 9.80 Å². The Morgan fingerprint density at radius 3 is 2.36 bits per heavy atom. The van der Waals surface area contributed by atoms with E-state index in [0.29, 0.717) is 5.96 Å². The van der Waals surface area contributed by atoms with Gasteiger partial charge in [0.05, 0.1) is 0 Å². The summed E-state index contributed by atoms with van der Waals surface area (Å²) in [5.74, 6) is 1.50. The van der Waals surface area contributed by atoms with Crippen molar-refractivity contribution in [3.8, 4) is 0 Å². The third-order valence-corrected chi connectivity index (χ3v) is 4.11. The summed E-state index contributed by atoms with van der Waals surface area (Å²) in [6, 6.07) is 7.78. The second kappa shape index (κ2) is 11.9. The first kappa shape index (κ1) is 24.3. The molecule has 0 saturated heterocycles. The number of likely N-dealkylation sites (N-methyl/N-ethyl adjacent to an activating group) is 1. The van der Waals surface area contributed by atoms with E-state index in [4.69, 9.17) is 11.6 Å². The molecule has 8 heteroatoms. The number of halogens is 2. The summed E-state index contributed by atoms with van der Waals surface area (Å²) in [6.45, 7) is 7.04. The highest BCUT2D eigenvalue weighted by atomic mass is 127. The van der Waals surface area contributed by atoms with Gasteiger partial charge >= 0.3 is 0 Å². The van der Waals surface area contributed by atoms with E-state index >= 15 is 0 Å². The summed E-state index contributed by atoms with van der Waals surface area (Å²) in [5.41, 5.74) is -0.129. The fraction of sp³-hybridized carbons (Fsp3) is 0.529. The molecule has 0 aliphatic heterocycles. The lowest BCUT2D eigenvalue weighted by Crippen LogP contribution is -2.48. The molecule has 0 saturated carbocycles. The highest BCUT2D eigenvalue weighted by molar-refractivity contribution is 14.0. The predicted molar refractivity (Wildman–Crippen MR) is 119 cm³/mol. The Morgan fingerprint density at radius 2 is 1.84 bits per heavy atom. The Morgan fingerprint density at radius 1 is 1.24 bits per heavy atom. The Labute approximate surface area is 177 Å². The Kier molecular flexibility index (Phi) is 11.5. The molecule has 1 rings (SSSR count). The predicted octanol–water partition coefficient (Wildman–Crippen LogP) is 3.47. The van der Waals surface area contributed by atoms with E-state index in [1.54, 1.807) is 25.9 Å². The van der Waals surface area contributed by atoms with Crippen LogP contribution in [0.2, 0.25) is 5.02 Å². The van der Waals surface area contributed by atoms with Gasteiger partial charge in [0.1, 0.15) is 6.54 Å². The molecule has 0 radical (unpaired) electrons. The van der Waals surface area contributed by atoms with E-state index < -0.39 is 0 Å². The first-order valence-corrected chi connectivity index (χ1v) is 9.19. The number of amides is 1. The molecule has 0 spiro atoms. The molecule has 5 nitrogen and oxygen atoms in total. The Hall–Kier alpha value is -0.670. The number of carbonyl (C=O) groups excluding carboxylic acids is 1. The van der Waals surface area contributed by atoms with Crippen LogP contribution in [-0.4, -0.2) is 55.2 Å². The molecule has 0 heterocycles. The van der Waals surface area contributed by atoms with Crippen LogP contribution in [0.3, 0.4) is 0 Å². The van der Waals surface area contributed by atoms with Gasteiger partial charge in [0, 0.05) is 41.8 Å². The van der Waals surface area contributed by atoms with E-state index in [2.05, 4.69) is 36.4 Å². The maximum Gasteiger partial charge on any atom is 0.243 e. The quantitative estimate of drug-likeness (QED) is 0.207. The minimum absolute atomic E-state index is 0. The Bertz CT molecular complexity index is 559. The number of thioether (sulfide) groups is 1. The van der Waals surface area contributed by atoms with E-state index in [0.717, 1.165) is 17.3 Å². The number of hydrogen-bond donors (Lipinski definition) is 2. The van der Waals surface area contributed by atoms with Gasteiger partial charge in [-0.25, -0.2) is 4.99 Å². The normalized spacial score (nSPS) is 11.5. The molecule has 25 heavy (non-hydrogen) atoms. The first-order chi connectivity index (χ1) is 11.2. The molecule has 0 unspecified atom stereocenters. The number of carbonyl (C=O) groups is 1. The van der Waals surface area contributed by atoms with Gasteiger partial charge in [-0.1, -0.05) is 11.6 Å². The Balaban J connectivity index is 0.00000576. The lowest BCUT2D eigenvalue weighted by atomic mass is 10.1. The minimum Gasteiger partial charge on any atom is -0.356 e. The zero-order valence-corrected chi connectivity index (χ0v) is 19.3. The standard InChI is InChI=1S/C17H27ClN4OS.HI/c1-17(2,3)21-16(20-12-15(23)22(4)5)19-10-11-24-14-8-6-13(18)7-9-14;/h6-9H,10-12H2,1-5H3,(H2,19,20,21);1H.